The van der Waals surface area contributed by atoms with Gasteiger partial charge in [0.2, 0.25) is 15.9 Å². The van der Waals surface area contributed by atoms with Gasteiger partial charge >= 0.3 is 0 Å². The quantitative estimate of drug-likeness (QED) is 0.688. The van der Waals surface area contributed by atoms with Crippen molar-refractivity contribution in [1.82, 2.24) is 9.88 Å². The van der Waals surface area contributed by atoms with Gasteiger partial charge in [-0.15, -0.1) is 0 Å². The van der Waals surface area contributed by atoms with Gasteiger partial charge in [0, 0.05) is 13.0 Å². The summed E-state index contributed by atoms with van der Waals surface area (Å²) in [5, 5.41) is 6.55. The molecule has 1 aliphatic rings. The van der Waals surface area contributed by atoms with Crippen molar-refractivity contribution in [3.8, 4) is 5.75 Å². The number of rotatable bonds is 7. The van der Waals surface area contributed by atoms with Gasteiger partial charge in [0.05, 0.1) is 7.11 Å². The molecule has 0 saturated heterocycles. The van der Waals surface area contributed by atoms with Crippen molar-refractivity contribution in [2.24, 2.45) is 0 Å². The number of benzene rings is 1. The van der Waals surface area contributed by atoms with Gasteiger partial charge in [0.1, 0.15) is 22.0 Å². The summed E-state index contributed by atoms with van der Waals surface area (Å²) >= 11 is 0. The summed E-state index contributed by atoms with van der Waals surface area (Å²) in [6.07, 6.45) is 8.22. The number of hydrogen-bond donors (Lipinski definition) is 2. The molecule has 9 heteroatoms. The number of carbonyl (C=O) groups excluding carboxylic acids is 1. The Hall–Kier alpha value is -2.65. The number of aromatic nitrogens is 1. The van der Waals surface area contributed by atoms with Crippen LogP contribution in [-0.2, 0) is 14.8 Å². The molecule has 3 rings (SSSR count). The maximum Gasteiger partial charge on any atom is 0.244 e. The first-order valence-corrected chi connectivity index (χ1v) is 11.4. The van der Waals surface area contributed by atoms with Crippen LogP contribution in [0.3, 0.4) is 0 Å². The van der Waals surface area contributed by atoms with Crippen LogP contribution in [0.4, 0.5) is 5.69 Å². The molecule has 0 spiro atoms. The first-order valence-electron chi connectivity index (χ1n) is 9.92. The van der Waals surface area contributed by atoms with Crippen LogP contribution >= 0.6 is 0 Å². The van der Waals surface area contributed by atoms with Crippen LogP contribution in [-0.4, -0.2) is 32.6 Å². The van der Waals surface area contributed by atoms with Gasteiger partial charge in [-0.1, -0.05) is 36.6 Å². The minimum absolute atomic E-state index is 0.0509. The van der Waals surface area contributed by atoms with Crippen molar-refractivity contribution in [2.75, 3.05) is 12.4 Å². The number of nitrogens with zero attached hydrogens (tertiary/aromatic N) is 1. The molecule has 0 aliphatic heterocycles. The number of methoxy groups -OCH3 is 1. The summed E-state index contributed by atoms with van der Waals surface area (Å²) in [5.41, 5.74) is 1.68. The molecule has 1 aliphatic carbocycles. The summed E-state index contributed by atoms with van der Waals surface area (Å²) < 4.78 is 39.3. The third-order valence-corrected chi connectivity index (χ3v) is 6.56. The lowest BCUT2D eigenvalue weighted by atomic mass is 9.96. The molecule has 1 fully saturated rings. The van der Waals surface area contributed by atoms with Crippen LogP contribution in [0.15, 0.2) is 27.6 Å². The largest absolute Gasteiger partial charge is 0.495 e. The zero-order valence-corrected chi connectivity index (χ0v) is 18.2. The van der Waals surface area contributed by atoms with Crippen LogP contribution in [0.1, 0.15) is 56.0 Å². The normalized spacial score (nSPS) is 15.4. The van der Waals surface area contributed by atoms with E-state index in [-0.39, 0.29) is 22.6 Å². The summed E-state index contributed by atoms with van der Waals surface area (Å²) in [7, 11) is -2.28. The van der Waals surface area contributed by atoms with Gasteiger partial charge in [-0.3, -0.25) is 4.79 Å². The molecule has 0 atom stereocenters. The molecule has 2 N–H and O–H groups in total. The highest BCUT2D eigenvalue weighted by Crippen LogP contribution is 2.28. The molecule has 0 radical (unpaired) electrons. The topological polar surface area (TPSA) is 111 Å². The molecule has 1 amide bonds. The van der Waals surface area contributed by atoms with Gasteiger partial charge in [0.25, 0.3) is 0 Å². The number of sulfonamides is 1. The van der Waals surface area contributed by atoms with Gasteiger partial charge in [-0.2, -0.15) is 0 Å². The molecule has 0 bridgehead atoms. The molecule has 1 aromatic heterocycles. The number of amides is 1. The predicted molar refractivity (Wildman–Crippen MR) is 115 cm³/mol. The molecule has 2 aromatic rings. The first-order chi connectivity index (χ1) is 14.3. The van der Waals surface area contributed by atoms with Crippen molar-refractivity contribution in [3.63, 3.8) is 0 Å². The third kappa shape index (κ3) is 5.28. The van der Waals surface area contributed by atoms with E-state index in [1.54, 1.807) is 37.3 Å². The van der Waals surface area contributed by atoms with E-state index in [1.165, 1.54) is 14.0 Å². The van der Waals surface area contributed by atoms with Gasteiger partial charge < -0.3 is 14.6 Å². The fourth-order valence-corrected chi connectivity index (χ4v) is 5.02. The van der Waals surface area contributed by atoms with E-state index < -0.39 is 10.0 Å². The number of aryl methyl sites for hydroxylation is 1. The van der Waals surface area contributed by atoms with Crippen LogP contribution in [0.2, 0.25) is 0 Å². The Balaban J connectivity index is 1.87. The second-order valence-corrected chi connectivity index (χ2v) is 9.07. The van der Waals surface area contributed by atoms with Crippen LogP contribution < -0.4 is 14.8 Å². The Labute approximate surface area is 176 Å². The van der Waals surface area contributed by atoms with E-state index in [4.69, 9.17) is 9.26 Å². The highest BCUT2D eigenvalue weighted by atomic mass is 32.2. The summed E-state index contributed by atoms with van der Waals surface area (Å²) in [4.78, 5) is 11.5. The van der Waals surface area contributed by atoms with Crippen LogP contribution in [0.5, 0.6) is 5.75 Å². The van der Waals surface area contributed by atoms with E-state index in [9.17, 15) is 13.2 Å². The number of carbonyl (C=O) groups is 1. The highest BCUT2D eigenvalue weighted by Gasteiger charge is 2.25. The van der Waals surface area contributed by atoms with E-state index in [0.717, 1.165) is 32.1 Å². The minimum atomic E-state index is -3.73. The SMILES string of the molecule is COc1ccc(C=Cc2onc(C)c2NC(C)=O)cc1S(=O)(=O)NC1CCCCC1. The van der Waals surface area contributed by atoms with Crippen molar-refractivity contribution in [2.45, 2.75) is 56.9 Å². The summed E-state index contributed by atoms with van der Waals surface area (Å²) in [6.45, 7) is 3.13. The van der Waals surface area contributed by atoms with Crippen molar-refractivity contribution in [3.05, 3.63) is 35.2 Å². The zero-order valence-electron chi connectivity index (χ0n) is 17.4. The average Bonchev–Trinajstić information content (AvgIpc) is 3.05. The molecular formula is C21H27N3O5S. The zero-order chi connectivity index (χ0) is 21.7. The molecule has 1 heterocycles. The number of anilines is 1. The van der Waals surface area contributed by atoms with E-state index in [0.29, 0.717) is 22.7 Å². The maximum absolute atomic E-state index is 13.0. The monoisotopic (exact) mass is 433 g/mol. The van der Waals surface area contributed by atoms with Crippen LogP contribution in [0.25, 0.3) is 12.2 Å². The predicted octanol–water partition coefficient (Wildman–Crippen LogP) is 3.73. The van der Waals surface area contributed by atoms with Gasteiger partial charge in [-0.25, -0.2) is 13.1 Å². The minimum Gasteiger partial charge on any atom is -0.495 e. The maximum atomic E-state index is 13.0. The van der Waals surface area contributed by atoms with Gasteiger partial charge in [0.15, 0.2) is 5.76 Å². The van der Waals surface area contributed by atoms with Crippen molar-refractivity contribution >= 4 is 33.8 Å². The van der Waals surface area contributed by atoms with Gasteiger partial charge in [-0.05, 0) is 43.5 Å². The molecule has 8 nitrogen and oxygen atoms in total. The molecular weight excluding hydrogens is 406 g/mol. The van der Waals surface area contributed by atoms with Crippen LogP contribution in [0, 0.1) is 6.92 Å². The molecule has 30 heavy (non-hydrogen) atoms. The second-order valence-electron chi connectivity index (χ2n) is 7.39. The number of ether oxygens (including phenoxy) is 1. The molecule has 1 aromatic carbocycles. The summed E-state index contributed by atoms with van der Waals surface area (Å²) in [6, 6.07) is 4.87. The average molecular weight is 434 g/mol. The second kappa shape index (κ2) is 9.44. The lowest BCUT2D eigenvalue weighted by Gasteiger charge is -2.23. The number of hydrogen-bond acceptors (Lipinski definition) is 6. The Morgan fingerprint density at radius 2 is 1.97 bits per heavy atom. The molecule has 0 unspecified atom stereocenters. The Morgan fingerprint density at radius 1 is 1.23 bits per heavy atom. The van der Waals surface area contributed by atoms with E-state index in [1.807, 2.05) is 0 Å². The standard InChI is InChI=1S/C21H27N3O5S/c1-14-21(22-15(2)25)19(29-23-14)12-10-16-9-11-18(28-3)20(13-16)30(26,27)24-17-7-5-4-6-8-17/h9-13,17,24H,4-8H2,1-3H3,(H,22,25). The molecule has 1 saturated carbocycles. The Kier molecular flexibility index (Phi) is 6.94. The fraction of sp³-hybridized carbons (Fsp3) is 0.429. The lowest BCUT2D eigenvalue weighted by molar-refractivity contribution is -0.114. The van der Waals surface area contributed by atoms with Crippen molar-refractivity contribution < 1.29 is 22.5 Å². The lowest BCUT2D eigenvalue weighted by Crippen LogP contribution is -2.36. The van der Waals surface area contributed by atoms with E-state index in [2.05, 4.69) is 15.2 Å². The number of nitrogens with one attached hydrogen (secondary N) is 2. The highest BCUT2D eigenvalue weighted by molar-refractivity contribution is 7.89. The molecule has 162 valence electrons. The smallest absolute Gasteiger partial charge is 0.244 e. The van der Waals surface area contributed by atoms with Crippen molar-refractivity contribution in [1.29, 1.82) is 0 Å². The van der Waals surface area contributed by atoms with E-state index >= 15 is 0 Å². The third-order valence-electron chi connectivity index (χ3n) is 5.02. The first kappa shape index (κ1) is 22.0. The summed E-state index contributed by atoms with van der Waals surface area (Å²) in [5.74, 6) is 0.427. The Bertz CT molecular complexity index is 1040. The Morgan fingerprint density at radius 3 is 2.63 bits per heavy atom. The fourth-order valence-electron chi connectivity index (χ4n) is 3.51.